The number of benzene rings is 2. The first-order chi connectivity index (χ1) is 15.1. The molecule has 4 nitrogen and oxygen atoms in total. The summed E-state index contributed by atoms with van der Waals surface area (Å²) >= 11 is 4.36. The third-order valence-electron chi connectivity index (χ3n) is 5.06. The third-order valence-corrected chi connectivity index (χ3v) is 6.42. The number of carbonyl (C=O) groups excluding carboxylic acids is 1. The molecule has 1 aliphatic rings. The van der Waals surface area contributed by atoms with Gasteiger partial charge in [0, 0.05) is 4.47 Å². The smallest absolute Gasteiger partial charge is 0.331 e. The summed E-state index contributed by atoms with van der Waals surface area (Å²) in [5.74, 6) is 4.23. The molecule has 1 unspecified atom stereocenters. The van der Waals surface area contributed by atoms with Gasteiger partial charge in [-0.1, -0.05) is 59.8 Å². The zero-order chi connectivity index (χ0) is 23.5. The summed E-state index contributed by atoms with van der Waals surface area (Å²) in [6, 6.07) is 10.5. The number of carbonyl (C=O) groups is 1. The first-order valence-electron chi connectivity index (χ1n) is 9.91. The third kappa shape index (κ3) is 5.23. The molecule has 2 aromatic rings. The van der Waals surface area contributed by atoms with E-state index < -0.39 is 29.0 Å². The minimum Gasteiger partial charge on any atom is -0.331 e. The Hall–Kier alpha value is -2.20. The van der Waals surface area contributed by atoms with Crippen molar-refractivity contribution in [3.63, 3.8) is 0 Å². The maximum Gasteiger partial charge on any atom is 0.422 e. The molecule has 0 spiro atoms. The van der Waals surface area contributed by atoms with Gasteiger partial charge in [0.25, 0.3) is 0 Å². The Morgan fingerprint density at radius 1 is 1.28 bits per heavy atom. The number of thioether (sulfide) groups is 1. The predicted molar refractivity (Wildman–Crippen MR) is 124 cm³/mol. The summed E-state index contributed by atoms with van der Waals surface area (Å²) in [5, 5.41) is 14.8. The van der Waals surface area contributed by atoms with Crippen LogP contribution in [0, 0.1) is 29.1 Å². The number of amides is 1. The van der Waals surface area contributed by atoms with Crippen LogP contribution in [0.4, 0.5) is 13.2 Å². The molecule has 1 aliphatic heterocycles. The van der Waals surface area contributed by atoms with E-state index in [1.807, 2.05) is 26.0 Å². The van der Waals surface area contributed by atoms with E-state index >= 15 is 0 Å². The molecule has 0 aromatic heterocycles. The van der Waals surface area contributed by atoms with E-state index in [0.29, 0.717) is 5.39 Å². The quantitative estimate of drug-likeness (QED) is 0.550. The van der Waals surface area contributed by atoms with Gasteiger partial charge in [-0.15, -0.1) is 11.8 Å². The Balaban J connectivity index is 2.21. The zero-order valence-electron chi connectivity index (χ0n) is 17.4. The van der Waals surface area contributed by atoms with E-state index in [9.17, 15) is 23.2 Å². The first kappa shape index (κ1) is 24.4. The monoisotopic (exact) mass is 523 g/mol. The van der Waals surface area contributed by atoms with Crippen molar-refractivity contribution in [2.45, 2.75) is 43.4 Å². The number of halogens is 4. The molecule has 2 N–H and O–H groups in total. The van der Waals surface area contributed by atoms with Crippen LogP contribution in [0.3, 0.4) is 0 Å². The molecule has 0 saturated carbocycles. The van der Waals surface area contributed by atoms with Crippen molar-refractivity contribution >= 4 is 44.4 Å². The molecular formula is C23H21BrF3N3OS. The fourth-order valence-electron chi connectivity index (χ4n) is 3.56. The highest BCUT2D eigenvalue weighted by molar-refractivity contribution is 9.10. The molecule has 2 aromatic carbocycles. The number of nitrogens with zero attached hydrogens (tertiary/aromatic N) is 1. The lowest BCUT2D eigenvalue weighted by Gasteiger charge is -2.37. The van der Waals surface area contributed by atoms with Crippen LogP contribution in [-0.2, 0) is 10.3 Å². The van der Waals surface area contributed by atoms with Crippen LogP contribution in [0.25, 0.3) is 10.8 Å². The minimum atomic E-state index is -4.81. The Morgan fingerprint density at radius 2 is 1.97 bits per heavy atom. The van der Waals surface area contributed by atoms with Crippen molar-refractivity contribution in [1.82, 2.24) is 10.6 Å². The van der Waals surface area contributed by atoms with Crippen LogP contribution < -0.4 is 10.6 Å². The van der Waals surface area contributed by atoms with Crippen molar-refractivity contribution in [2.75, 3.05) is 5.75 Å². The number of hydrogen-bond donors (Lipinski definition) is 2. The van der Waals surface area contributed by atoms with Gasteiger partial charge in [0.15, 0.2) is 5.37 Å². The highest BCUT2D eigenvalue weighted by Gasteiger charge is 2.57. The number of fused-ring (bicyclic) bond motifs is 1. The van der Waals surface area contributed by atoms with Gasteiger partial charge in [-0.2, -0.15) is 18.4 Å². The zero-order valence-corrected chi connectivity index (χ0v) is 19.8. The second-order valence-corrected chi connectivity index (χ2v) is 9.92. The lowest BCUT2D eigenvalue weighted by molar-refractivity contribution is -0.185. The summed E-state index contributed by atoms with van der Waals surface area (Å²) in [6.45, 7) is 3.64. The molecule has 1 amide bonds. The van der Waals surface area contributed by atoms with Crippen molar-refractivity contribution < 1.29 is 18.0 Å². The highest BCUT2D eigenvalue weighted by Crippen LogP contribution is 2.41. The predicted octanol–water partition coefficient (Wildman–Crippen LogP) is 5.08. The molecule has 9 heteroatoms. The van der Waals surface area contributed by atoms with E-state index in [2.05, 4.69) is 38.4 Å². The van der Waals surface area contributed by atoms with Crippen LogP contribution in [0.5, 0.6) is 0 Å². The largest absolute Gasteiger partial charge is 0.422 e. The lowest BCUT2D eigenvalue weighted by atomic mass is 9.86. The summed E-state index contributed by atoms with van der Waals surface area (Å²) in [6.07, 6.45) is -4.66. The van der Waals surface area contributed by atoms with Crippen molar-refractivity contribution in [3.8, 4) is 17.9 Å². The molecule has 32 heavy (non-hydrogen) atoms. The van der Waals surface area contributed by atoms with Gasteiger partial charge in [-0.3, -0.25) is 10.1 Å². The summed E-state index contributed by atoms with van der Waals surface area (Å²) in [7, 11) is 0. The molecule has 0 radical (unpaired) electrons. The topological polar surface area (TPSA) is 64.9 Å². The first-order valence-corrected chi connectivity index (χ1v) is 11.8. The summed E-state index contributed by atoms with van der Waals surface area (Å²) < 4.78 is 45.0. The maximum absolute atomic E-state index is 14.7. The Morgan fingerprint density at radius 3 is 2.62 bits per heavy atom. The van der Waals surface area contributed by atoms with Crippen LogP contribution in [0.1, 0.15) is 25.8 Å². The Kier molecular flexibility index (Phi) is 7.44. The van der Waals surface area contributed by atoms with Gasteiger partial charge in [0.1, 0.15) is 0 Å². The van der Waals surface area contributed by atoms with E-state index in [1.54, 1.807) is 18.2 Å². The van der Waals surface area contributed by atoms with Crippen LogP contribution in [0.15, 0.2) is 40.9 Å². The van der Waals surface area contributed by atoms with Crippen LogP contribution >= 0.6 is 27.7 Å². The van der Waals surface area contributed by atoms with Gasteiger partial charge >= 0.3 is 6.18 Å². The summed E-state index contributed by atoms with van der Waals surface area (Å²) in [4.78, 5) is 12.9. The molecule has 3 rings (SSSR count). The molecule has 0 saturated heterocycles. The lowest BCUT2D eigenvalue weighted by Crippen LogP contribution is -2.61. The van der Waals surface area contributed by atoms with E-state index in [1.165, 1.54) is 12.1 Å². The normalized spacial score (nSPS) is 24.4. The minimum absolute atomic E-state index is 0.0343. The Bertz CT molecular complexity index is 1120. The molecule has 168 valence electrons. The number of alkyl halides is 3. The van der Waals surface area contributed by atoms with Gasteiger partial charge in [0.2, 0.25) is 11.4 Å². The van der Waals surface area contributed by atoms with E-state index in [-0.39, 0.29) is 23.7 Å². The average molecular weight is 524 g/mol. The number of rotatable bonds is 3. The summed E-state index contributed by atoms with van der Waals surface area (Å²) in [5.41, 5.74) is -2.83. The van der Waals surface area contributed by atoms with Gasteiger partial charge < -0.3 is 5.32 Å². The van der Waals surface area contributed by atoms with Crippen LogP contribution in [0.2, 0.25) is 0 Å². The highest BCUT2D eigenvalue weighted by atomic mass is 79.9. The fraction of sp³-hybridized carbons (Fsp3) is 0.391. The van der Waals surface area contributed by atoms with Gasteiger partial charge in [-0.25, -0.2) is 0 Å². The van der Waals surface area contributed by atoms with E-state index in [0.717, 1.165) is 21.6 Å². The van der Waals surface area contributed by atoms with Gasteiger partial charge in [0.05, 0.1) is 17.9 Å². The Labute approximate surface area is 197 Å². The molecule has 1 heterocycles. The standard InChI is InChI=1S/C23H21BrF3N3OS/c1-14(2)10-19-21(31)29-20(13-28)32-9-3-8-22(30-19,23(25,26)27)17-6-4-16-12-18(24)7-5-15(16)11-17/h4-7,11-12,14,19-20,30H,9-10H2,1-2H3,(H,29,31)/t19-,20?,22-/m0/s1. The second-order valence-electron chi connectivity index (χ2n) is 7.91. The maximum atomic E-state index is 14.7. The average Bonchev–Trinajstić information content (AvgIpc) is 2.72. The van der Waals surface area contributed by atoms with Gasteiger partial charge in [-0.05, 0) is 46.9 Å². The van der Waals surface area contributed by atoms with Crippen molar-refractivity contribution in [2.24, 2.45) is 5.92 Å². The molecule has 0 bridgehead atoms. The second kappa shape index (κ2) is 9.74. The number of nitrogens with one attached hydrogen (secondary N) is 2. The van der Waals surface area contributed by atoms with Crippen molar-refractivity contribution in [3.05, 3.63) is 46.4 Å². The SMILES string of the molecule is CC(C)C[C@@H]1N[C@@](c2ccc3cc(Br)ccc3c2)(C(F)(F)F)C#CCSC(C#N)NC1=O. The van der Waals surface area contributed by atoms with E-state index in [4.69, 9.17) is 0 Å². The van der Waals surface area contributed by atoms with Crippen molar-refractivity contribution in [1.29, 1.82) is 5.26 Å². The molecule has 0 fully saturated rings. The molecule has 0 aliphatic carbocycles. The molecule has 3 atom stereocenters. The van der Waals surface area contributed by atoms with Crippen LogP contribution in [-0.4, -0.2) is 29.3 Å². The number of nitriles is 1. The fourth-order valence-corrected chi connectivity index (χ4v) is 4.53. The number of hydrogen-bond acceptors (Lipinski definition) is 4. The molecular weight excluding hydrogens is 503 g/mol.